The highest BCUT2D eigenvalue weighted by Gasteiger charge is 2.56. The van der Waals surface area contributed by atoms with Gasteiger partial charge in [-0.05, 0) is 87.9 Å². The van der Waals surface area contributed by atoms with Gasteiger partial charge in [0.1, 0.15) is 5.75 Å². The molecule has 46 heavy (non-hydrogen) atoms. The molecule has 2 fully saturated rings. The zero-order chi connectivity index (χ0) is 32.3. The largest absolute Gasteiger partial charge is 0.497 e. The van der Waals surface area contributed by atoms with E-state index in [0.29, 0.717) is 59.4 Å². The van der Waals surface area contributed by atoms with Crippen LogP contribution in [0.3, 0.4) is 0 Å². The van der Waals surface area contributed by atoms with Gasteiger partial charge < -0.3 is 14.5 Å². The molecule has 2 aliphatic heterocycles. The van der Waals surface area contributed by atoms with Gasteiger partial charge >= 0.3 is 0 Å². The van der Waals surface area contributed by atoms with Crippen molar-refractivity contribution >= 4 is 19.4 Å². The van der Waals surface area contributed by atoms with Crippen LogP contribution in [0, 0.1) is 35.5 Å². The summed E-state index contributed by atoms with van der Waals surface area (Å²) in [7, 11) is 2.50. The standard InChI is InChI=1S/C42H54N2OSi/c1-25-30-12-10-11-13-31(30)39-35-22-29(45-7)16-19-37(35)44(41(25)39)24-46(8,9)23-27-14-17-32-33(20-27)26(2)40-38(32)34-21-28(42(3,4)5)15-18-36(34)43(40)6/h10-22,25-26,30-33,38-41H,23-24H2,1-9H3. The van der Waals surface area contributed by atoms with E-state index in [-0.39, 0.29) is 5.41 Å². The summed E-state index contributed by atoms with van der Waals surface area (Å²) in [6.45, 7) is 17.4. The topological polar surface area (TPSA) is 15.7 Å². The summed E-state index contributed by atoms with van der Waals surface area (Å²) in [5, 5.41) is 0. The first-order valence-electron chi connectivity index (χ1n) is 17.9. The minimum atomic E-state index is -1.65. The Labute approximate surface area is 279 Å². The van der Waals surface area contributed by atoms with Gasteiger partial charge in [0.15, 0.2) is 0 Å². The Balaban J connectivity index is 1.06. The lowest BCUT2D eigenvalue weighted by Crippen LogP contribution is -2.48. The van der Waals surface area contributed by atoms with Crippen molar-refractivity contribution in [3.8, 4) is 5.75 Å². The number of likely N-dealkylation sites (N-methyl/N-ethyl adjacent to an activating group) is 1. The number of benzene rings is 2. The number of anilines is 2. The third-order valence-corrected chi connectivity index (χ3v) is 15.6. The number of ether oxygens (including phenoxy) is 1. The van der Waals surface area contributed by atoms with Crippen molar-refractivity contribution in [3.63, 3.8) is 0 Å². The Morgan fingerprint density at radius 2 is 1.43 bits per heavy atom. The maximum Gasteiger partial charge on any atom is 0.119 e. The molecule has 0 radical (unpaired) electrons. The lowest BCUT2D eigenvalue weighted by molar-refractivity contribution is 0.412. The summed E-state index contributed by atoms with van der Waals surface area (Å²) < 4.78 is 5.74. The molecule has 0 N–H and O–H groups in total. The minimum absolute atomic E-state index is 0.171. The average Bonchev–Trinajstić information content (AvgIpc) is 3.69. The van der Waals surface area contributed by atoms with Crippen LogP contribution in [-0.4, -0.2) is 40.5 Å². The van der Waals surface area contributed by atoms with E-state index in [2.05, 4.69) is 143 Å². The predicted octanol–water partition coefficient (Wildman–Crippen LogP) is 9.50. The van der Waals surface area contributed by atoms with Crippen LogP contribution < -0.4 is 14.5 Å². The van der Waals surface area contributed by atoms with Crippen molar-refractivity contribution in [3.05, 3.63) is 101 Å². The zero-order valence-electron chi connectivity index (χ0n) is 29.5. The number of fused-ring (bicyclic) bond motifs is 10. The summed E-state index contributed by atoms with van der Waals surface area (Å²) in [6.07, 6.45) is 18.7. The van der Waals surface area contributed by atoms with E-state index < -0.39 is 8.07 Å². The molecule has 0 saturated heterocycles. The van der Waals surface area contributed by atoms with E-state index in [0.717, 1.165) is 5.75 Å². The Hall–Kier alpha value is -2.98. The molecule has 0 spiro atoms. The molecule has 0 amide bonds. The molecule has 6 aliphatic rings. The first-order valence-corrected chi connectivity index (χ1v) is 21.3. The van der Waals surface area contributed by atoms with Crippen LogP contribution in [0.4, 0.5) is 11.4 Å². The maximum atomic E-state index is 5.74. The molecule has 2 aromatic rings. The number of methoxy groups -OCH3 is 1. The lowest BCUT2D eigenvalue weighted by Gasteiger charge is -2.38. The highest BCUT2D eigenvalue weighted by atomic mass is 28.3. The van der Waals surface area contributed by atoms with E-state index in [1.807, 2.05) is 0 Å². The lowest BCUT2D eigenvalue weighted by atomic mass is 9.78. The fourth-order valence-corrected chi connectivity index (χ4v) is 13.8. The summed E-state index contributed by atoms with van der Waals surface area (Å²) in [5.74, 6) is 5.82. The van der Waals surface area contributed by atoms with Crippen LogP contribution >= 0.6 is 0 Å². The molecule has 2 saturated carbocycles. The monoisotopic (exact) mass is 630 g/mol. The molecule has 4 heteroatoms. The van der Waals surface area contributed by atoms with Gasteiger partial charge in [-0.2, -0.15) is 0 Å². The first kappa shape index (κ1) is 30.4. The van der Waals surface area contributed by atoms with Gasteiger partial charge in [0.2, 0.25) is 0 Å². The number of nitrogens with zero attached hydrogens (tertiary/aromatic N) is 2. The van der Waals surface area contributed by atoms with Crippen LogP contribution in [0.1, 0.15) is 63.1 Å². The third kappa shape index (κ3) is 4.48. The molecule has 8 rings (SSSR count). The number of hydrogen-bond donors (Lipinski definition) is 0. The SMILES string of the molecule is COc1ccc2c(c1)C1C3C=CC=CC3C(C)C1N2C[Si](C)(C)CC1=CC2C(C)C3C(c4cc(C(C)(C)C)ccc4N3C)C2C=C1. The van der Waals surface area contributed by atoms with Gasteiger partial charge in [0.25, 0.3) is 0 Å². The van der Waals surface area contributed by atoms with Gasteiger partial charge in [-0.3, -0.25) is 0 Å². The van der Waals surface area contributed by atoms with Crippen molar-refractivity contribution in [1.29, 1.82) is 0 Å². The normalized spacial score (nSPS) is 35.0. The number of allylic oxidation sites excluding steroid dienone is 8. The van der Waals surface area contributed by atoms with Gasteiger partial charge in [0, 0.05) is 48.5 Å². The smallest absolute Gasteiger partial charge is 0.119 e. The fraction of sp³-hybridized carbons (Fsp3) is 0.524. The second-order valence-electron chi connectivity index (χ2n) is 17.5. The maximum absolute atomic E-state index is 5.74. The summed E-state index contributed by atoms with van der Waals surface area (Å²) >= 11 is 0. The molecule has 0 bridgehead atoms. The number of rotatable bonds is 5. The van der Waals surface area contributed by atoms with Crippen molar-refractivity contribution in [2.24, 2.45) is 35.5 Å². The van der Waals surface area contributed by atoms with Crippen LogP contribution in [0.2, 0.25) is 19.1 Å². The predicted molar refractivity (Wildman–Crippen MR) is 197 cm³/mol. The van der Waals surface area contributed by atoms with Gasteiger partial charge in [-0.1, -0.05) is 108 Å². The highest BCUT2D eigenvalue weighted by Crippen LogP contribution is 2.60. The zero-order valence-corrected chi connectivity index (χ0v) is 30.5. The quantitative estimate of drug-likeness (QED) is 0.306. The molecule has 2 aromatic carbocycles. The van der Waals surface area contributed by atoms with E-state index in [1.54, 1.807) is 18.2 Å². The van der Waals surface area contributed by atoms with Crippen LogP contribution in [0.5, 0.6) is 5.75 Å². The molecule has 242 valence electrons. The van der Waals surface area contributed by atoms with E-state index in [4.69, 9.17) is 4.74 Å². The molecule has 3 nitrogen and oxygen atoms in total. The van der Waals surface area contributed by atoms with Gasteiger partial charge in [-0.25, -0.2) is 0 Å². The second-order valence-corrected chi connectivity index (χ2v) is 22.5. The van der Waals surface area contributed by atoms with Gasteiger partial charge in [0.05, 0.1) is 15.2 Å². The second kappa shape index (κ2) is 10.5. The first-order chi connectivity index (χ1) is 21.9. The molecule has 10 unspecified atom stereocenters. The summed E-state index contributed by atoms with van der Waals surface area (Å²) in [6, 6.07) is 16.6. The highest BCUT2D eigenvalue weighted by molar-refractivity contribution is 6.78. The minimum Gasteiger partial charge on any atom is -0.497 e. The summed E-state index contributed by atoms with van der Waals surface area (Å²) in [5.41, 5.74) is 9.26. The van der Waals surface area contributed by atoms with Crippen LogP contribution in [0.25, 0.3) is 0 Å². The number of hydrogen-bond acceptors (Lipinski definition) is 3. The summed E-state index contributed by atoms with van der Waals surface area (Å²) in [4.78, 5) is 5.49. The van der Waals surface area contributed by atoms with Crippen LogP contribution in [0.15, 0.2) is 84.5 Å². The Kier molecular flexibility index (Phi) is 6.93. The molecular formula is C42H54N2OSi. The fourth-order valence-electron chi connectivity index (χ4n) is 11.1. The van der Waals surface area contributed by atoms with E-state index in [1.165, 1.54) is 34.7 Å². The van der Waals surface area contributed by atoms with Crippen molar-refractivity contribution in [1.82, 2.24) is 0 Å². The Morgan fingerprint density at radius 1 is 0.783 bits per heavy atom. The van der Waals surface area contributed by atoms with Crippen molar-refractivity contribution in [2.45, 2.75) is 83.1 Å². The molecule has 2 heterocycles. The molecule has 4 aliphatic carbocycles. The van der Waals surface area contributed by atoms with Crippen molar-refractivity contribution < 1.29 is 4.74 Å². The third-order valence-electron chi connectivity index (χ3n) is 13.1. The van der Waals surface area contributed by atoms with Crippen LogP contribution in [-0.2, 0) is 5.41 Å². The molecule has 0 aromatic heterocycles. The molecule has 10 atom stereocenters. The van der Waals surface area contributed by atoms with E-state index >= 15 is 0 Å². The molecular weight excluding hydrogens is 577 g/mol. The van der Waals surface area contributed by atoms with Crippen molar-refractivity contribution in [2.75, 3.05) is 30.1 Å². The Morgan fingerprint density at radius 3 is 2.17 bits per heavy atom. The average molecular weight is 631 g/mol. The van der Waals surface area contributed by atoms with E-state index in [9.17, 15) is 0 Å². The Bertz CT molecular complexity index is 1670. The van der Waals surface area contributed by atoms with Gasteiger partial charge in [-0.15, -0.1) is 0 Å².